The van der Waals surface area contributed by atoms with Crippen molar-refractivity contribution in [3.05, 3.63) is 35.7 Å². The molecular weight excluding hydrogens is 314 g/mol. The van der Waals surface area contributed by atoms with Gasteiger partial charge in [0.2, 0.25) is 5.91 Å². The van der Waals surface area contributed by atoms with E-state index in [1.54, 1.807) is 13.1 Å². The molecule has 6 heteroatoms. The Balaban J connectivity index is 1.79. The van der Waals surface area contributed by atoms with Gasteiger partial charge in [-0.3, -0.25) is 9.78 Å². The summed E-state index contributed by atoms with van der Waals surface area (Å²) in [4.78, 5) is 30.2. The van der Waals surface area contributed by atoms with E-state index in [4.69, 9.17) is 9.97 Å². The quantitative estimate of drug-likeness (QED) is 0.842. The molecular formula is C19H23N5O. The van der Waals surface area contributed by atoms with Crippen molar-refractivity contribution in [2.75, 3.05) is 24.5 Å². The van der Waals surface area contributed by atoms with Crippen molar-refractivity contribution in [1.29, 1.82) is 0 Å². The third kappa shape index (κ3) is 3.21. The maximum Gasteiger partial charge on any atom is 0.219 e. The number of fused-ring (bicyclic) bond motifs is 1. The van der Waals surface area contributed by atoms with Crippen LogP contribution in [0.25, 0.3) is 11.5 Å². The summed E-state index contributed by atoms with van der Waals surface area (Å²) >= 11 is 0. The first-order valence-corrected chi connectivity index (χ1v) is 9.04. The molecule has 0 unspecified atom stereocenters. The van der Waals surface area contributed by atoms with Crippen LogP contribution in [0.15, 0.2) is 24.4 Å². The zero-order valence-corrected chi connectivity index (χ0v) is 14.6. The van der Waals surface area contributed by atoms with Crippen LogP contribution in [0.5, 0.6) is 0 Å². The van der Waals surface area contributed by atoms with Crippen molar-refractivity contribution in [2.45, 2.75) is 39.2 Å². The number of amides is 1. The fourth-order valence-corrected chi connectivity index (χ4v) is 3.64. The molecule has 6 nitrogen and oxygen atoms in total. The third-order valence-corrected chi connectivity index (χ3v) is 5.03. The molecule has 0 radical (unpaired) electrons. The van der Waals surface area contributed by atoms with E-state index in [0.717, 1.165) is 48.8 Å². The number of carbonyl (C=O) groups is 1. The minimum Gasteiger partial charge on any atom is -0.356 e. The molecule has 1 saturated heterocycles. The van der Waals surface area contributed by atoms with Gasteiger partial charge in [-0.1, -0.05) is 6.07 Å². The first-order chi connectivity index (χ1) is 12.2. The minimum atomic E-state index is 0.115. The predicted octanol–water partition coefficient (Wildman–Crippen LogP) is 2.43. The van der Waals surface area contributed by atoms with Gasteiger partial charge in [-0.15, -0.1) is 0 Å². The number of nitrogens with zero attached hydrogens (tertiary/aromatic N) is 5. The van der Waals surface area contributed by atoms with Crippen LogP contribution in [-0.2, 0) is 17.8 Å². The van der Waals surface area contributed by atoms with Gasteiger partial charge in [-0.05, 0) is 31.4 Å². The number of anilines is 1. The molecule has 1 amide bonds. The Hall–Kier alpha value is -2.50. The summed E-state index contributed by atoms with van der Waals surface area (Å²) < 4.78 is 0. The van der Waals surface area contributed by atoms with E-state index in [0.29, 0.717) is 12.4 Å². The number of hydrogen-bond donors (Lipinski definition) is 0. The highest BCUT2D eigenvalue weighted by Crippen LogP contribution is 2.30. The zero-order chi connectivity index (χ0) is 17.2. The van der Waals surface area contributed by atoms with Crippen LogP contribution < -0.4 is 4.90 Å². The molecule has 4 rings (SSSR count). The number of carbonyl (C=O) groups excluding carboxylic acids is 1. The molecule has 0 spiro atoms. The van der Waals surface area contributed by atoms with E-state index in [2.05, 4.69) is 9.88 Å². The van der Waals surface area contributed by atoms with Gasteiger partial charge in [0.05, 0.1) is 12.2 Å². The number of hydrogen-bond acceptors (Lipinski definition) is 5. The van der Waals surface area contributed by atoms with Crippen LogP contribution in [0.2, 0.25) is 0 Å². The second kappa shape index (κ2) is 6.78. The molecule has 2 aromatic heterocycles. The molecule has 0 atom stereocenters. The van der Waals surface area contributed by atoms with Gasteiger partial charge in [0.15, 0.2) is 5.82 Å². The number of rotatable bonds is 2. The maximum atomic E-state index is 11.8. The van der Waals surface area contributed by atoms with Crippen LogP contribution >= 0.6 is 0 Å². The topological polar surface area (TPSA) is 62.2 Å². The lowest BCUT2D eigenvalue weighted by molar-refractivity contribution is -0.129. The number of aromatic nitrogens is 3. The van der Waals surface area contributed by atoms with Crippen LogP contribution in [0.4, 0.5) is 5.82 Å². The van der Waals surface area contributed by atoms with Gasteiger partial charge in [-0.25, -0.2) is 9.97 Å². The summed E-state index contributed by atoms with van der Waals surface area (Å²) in [5.74, 6) is 1.80. The SMILES string of the molecule is CC(=O)N1CCc2nc(-c3ccccn3)nc(N3CCCCC3)c2C1. The second-order valence-corrected chi connectivity index (χ2v) is 6.75. The van der Waals surface area contributed by atoms with Gasteiger partial charge in [0, 0.05) is 44.7 Å². The molecule has 0 N–H and O–H groups in total. The highest BCUT2D eigenvalue weighted by atomic mass is 16.2. The molecule has 1 fully saturated rings. The smallest absolute Gasteiger partial charge is 0.219 e. The lowest BCUT2D eigenvalue weighted by Crippen LogP contribution is -2.38. The molecule has 0 bridgehead atoms. The molecule has 0 aliphatic carbocycles. The average Bonchev–Trinajstić information content (AvgIpc) is 2.68. The van der Waals surface area contributed by atoms with E-state index < -0.39 is 0 Å². The van der Waals surface area contributed by atoms with E-state index >= 15 is 0 Å². The Labute approximate surface area is 147 Å². The van der Waals surface area contributed by atoms with E-state index in [-0.39, 0.29) is 5.91 Å². The van der Waals surface area contributed by atoms with Crippen molar-refractivity contribution in [3.63, 3.8) is 0 Å². The lowest BCUT2D eigenvalue weighted by atomic mass is 10.0. The van der Waals surface area contributed by atoms with Crippen LogP contribution in [0.3, 0.4) is 0 Å². The Morgan fingerprint density at radius 2 is 1.92 bits per heavy atom. The Morgan fingerprint density at radius 1 is 1.08 bits per heavy atom. The molecule has 0 aromatic carbocycles. The molecule has 2 aliphatic heterocycles. The number of piperidine rings is 1. The summed E-state index contributed by atoms with van der Waals surface area (Å²) in [6, 6.07) is 5.81. The number of pyridine rings is 1. The Kier molecular flexibility index (Phi) is 4.34. The lowest BCUT2D eigenvalue weighted by Gasteiger charge is -2.34. The maximum absolute atomic E-state index is 11.8. The molecule has 130 valence electrons. The van der Waals surface area contributed by atoms with Crippen molar-refractivity contribution in [1.82, 2.24) is 19.9 Å². The Bertz CT molecular complexity index is 771. The average molecular weight is 337 g/mol. The molecule has 0 saturated carbocycles. The Morgan fingerprint density at radius 3 is 2.64 bits per heavy atom. The normalized spacial score (nSPS) is 17.3. The molecule has 25 heavy (non-hydrogen) atoms. The van der Waals surface area contributed by atoms with E-state index in [1.807, 2.05) is 23.1 Å². The van der Waals surface area contributed by atoms with Gasteiger partial charge < -0.3 is 9.80 Å². The minimum absolute atomic E-state index is 0.115. The predicted molar refractivity (Wildman–Crippen MR) is 96.1 cm³/mol. The summed E-state index contributed by atoms with van der Waals surface area (Å²) in [6.45, 7) is 5.00. The second-order valence-electron chi connectivity index (χ2n) is 6.75. The highest BCUT2D eigenvalue weighted by molar-refractivity contribution is 5.74. The van der Waals surface area contributed by atoms with Crippen LogP contribution in [0, 0.1) is 0 Å². The summed E-state index contributed by atoms with van der Waals surface area (Å²) in [7, 11) is 0. The van der Waals surface area contributed by atoms with Crippen molar-refractivity contribution in [3.8, 4) is 11.5 Å². The summed E-state index contributed by atoms with van der Waals surface area (Å²) in [5, 5.41) is 0. The summed E-state index contributed by atoms with van der Waals surface area (Å²) in [6.07, 6.45) is 6.20. The van der Waals surface area contributed by atoms with Crippen LogP contribution in [-0.4, -0.2) is 45.4 Å². The largest absolute Gasteiger partial charge is 0.356 e. The third-order valence-electron chi connectivity index (χ3n) is 5.03. The van der Waals surface area contributed by atoms with Gasteiger partial charge >= 0.3 is 0 Å². The molecule has 2 aliphatic rings. The van der Waals surface area contributed by atoms with E-state index in [9.17, 15) is 4.79 Å². The fourth-order valence-electron chi connectivity index (χ4n) is 3.64. The monoisotopic (exact) mass is 337 g/mol. The first-order valence-electron chi connectivity index (χ1n) is 9.04. The standard InChI is InChI=1S/C19H23N5O/c1-14(25)24-12-8-16-15(13-24)19(23-10-5-2-6-11-23)22-18(21-16)17-7-3-4-9-20-17/h3-4,7,9H,2,5-6,8,10-13H2,1H3. The van der Waals surface area contributed by atoms with Crippen molar-refractivity contribution >= 4 is 11.7 Å². The van der Waals surface area contributed by atoms with E-state index in [1.165, 1.54) is 19.3 Å². The zero-order valence-electron chi connectivity index (χ0n) is 14.6. The van der Waals surface area contributed by atoms with Crippen LogP contribution in [0.1, 0.15) is 37.4 Å². The van der Waals surface area contributed by atoms with Gasteiger partial charge in [0.25, 0.3) is 0 Å². The van der Waals surface area contributed by atoms with Crippen molar-refractivity contribution in [2.24, 2.45) is 0 Å². The summed E-state index contributed by atoms with van der Waals surface area (Å²) in [5.41, 5.74) is 2.98. The molecule has 4 heterocycles. The fraction of sp³-hybridized carbons (Fsp3) is 0.474. The van der Waals surface area contributed by atoms with Crippen molar-refractivity contribution < 1.29 is 4.79 Å². The molecule has 2 aromatic rings. The highest BCUT2D eigenvalue weighted by Gasteiger charge is 2.27. The van der Waals surface area contributed by atoms with Gasteiger partial charge in [0.1, 0.15) is 11.5 Å². The first kappa shape index (κ1) is 16.0. The van der Waals surface area contributed by atoms with Gasteiger partial charge in [-0.2, -0.15) is 0 Å².